The largest absolute Gasteiger partial charge is 0.394 e. The Balaban J connectivity index is 1.78. The van der Waals surface area contributed by atoms with Crippen LogP contribution in [0.1, 0.15) is 0 Å². The smallest absolute Gasteiger partial charge is 0.187 e. The van der Waals surface area contributed by atoms with Gasteiger partial charge in [0.1, 0.15) is 79.9 Å². The molecule has 0 aliphatic carbocycles. The van der Waals surface area contributed by atoms with Gasteiger partial charge in [-0.05, 0) is 0 Å². The van der Waals surface area contributed by atoms with Crippen LogP contribution in [0.15, 0.2) is 0 Å². The van der Waals surface area contributed by atoms with Gasteiger partial charge in [0, 0.05) is 0 Å². The first-order valence-electron chi connectivity index (χ1n) is 10.8. The number of aliphatic hydroxyl groups is 10. The Hall–Kier alpha value is -0.680. The SMILES string of the molecule is OCC1O[C@H](O[C@@H]2C(O)[C@H](O)OC(CO)[C@H]2O)C(O)[C@@H](O[C@H]2OC(COO)[C@@H](O)[C@H](O)C2O)[C@@H]1O. The molecule has 3 aliphatic rings. The first-order chi connectivity index (χ1) is 16.5. The highest BCUT2D eigenvalue weighted by Crippen LogP contribution is 2.32. The molecule has 35 heavy (non-hydrogen) atoms. The third kappa shape index (κ3) is 5.92. The Bertz CT molecular complexity index is 657. The lowest BCUT2D eigenvalue weighted by Crippen LogP contribution is -2.66. The number of hydrogen-bond donors (Lipinski definition) is 11. The maximum atomic E-state index is 10.8. The molecule has 15 atom stereocenters. The summed E-state index contributed by atoms with van der Waals surface area (Å²) in [4.78, 5) is 3.90. The first-order valence-corrected chi connectivity index (χ1v) is 10.8. The molecule has 11 N–H and O–H groups in total. The lowest BCUT2D eigenvalue weighted by Gasteiger charge is -2.47. The molecular weight excluding hydrogens is 488 g/mol. The van der Waals surface area contributed by atoms with E-state index in [-0.39, 0.29) is 0 Å². The van der Waals surface area contributed by atoms with Gasteiger partial charge in [-0.25, -0.2) is 4.89 Å². The molecule has 3 heterocycles. The molecule has 17 nitrogen and oxygen atoms in total. The average molecular weight is 520 g/mol. The summed E-state index contributed by atoms with van der Waals surface area (Å²) in [6.07, 6.45) is -25.8. The Morgan fingerprint density at radius 2 is 1.00 bits per heavy atom. The van der Waals surface area contributed by atoms with Crippen molar-refractivity contribution in [2.75, 3.05) is 19.8 Å². The molecule has 0 amide bonds. The molecule has 0 spiro atoms. The standard InChI is InChI=1S/C18H32O17/c19-1-4-8(22)14(12(26)16(28)31-4)34-18-13(27)15(9(23)5(2-20)32-18)35-17-11(25)10(24)7(21)6(33-17)3-30-29/h4-29H,1-3H2/t4?,5?,6?,7-,8-,9-,10+,11?,12?,13?,14+,15+,16-,17-,18-/m1/s1. The molecule has 0 aromatic heterocycles. The van der Waals surface area contributed by atoms with Crippen LogP contribution in [0, 0.1) is 0 Å². The molecule has 206 valence electrons. The highest BCUT2D eigenvalue weighted by molar-refractivity contribution is 4.96. The van der Waals surface area contributed by atoms with Gasteiger partial charge in [0.15, 0.2) is 18.9 Å². The van der Waals surface area contributed by atoms with Gasteiger partial charge in [0.25, 0.3) is 0 Å². The fraction of sp³-hybridized carbons (Fsp3) is 1.00. The summed E-state index contributed by atoms with van der Waals surface area (Å²) < 4.78 is 26.3. The maximum absolute atomic E-state index is 10.8. The number of aliphatic hydroxyl groups excluding tert-OH is 10. The summed E-state index contributed by atoms with van der Waals surface area (Å²) >= 11 is 0. The van der Waals surface area contributed by atoms with E-state index in [9.17, 15) is 51.1 Å². The summed E-state index contributed by atoms with van der Waals surface area (Å²) in [5, 5.41) is 109. The number of rotatable bonds is 8. The van der Waals surface area contributed by atoms with Crippen LogP contribution in [0.2, 0.25) is 0 Å². The van der Waals surface area contributed by atoms with Crippen LogP contribution in [-0.4, -0.2) is 168 Å². The van der Waals surface area contributed by atoms with Gasteiger partial charge in [0.05, 0.1) is 13.2 Å². The van der Waals surface area contributed by atoms with Crippen LogP contribution in [0.4, 0.5) is 0 Å². The van der Waals surface area contributed by atoms with E-state index in [1.165, 1.54) is 0 Å². The molecule has 3 aliphatic heterocycles. The summed E-state index contributed by atoms with van der Waals surface area (Å²) in [7, 11) is 0. The lowest BCUT2D eigenvalue weighted by molar-refractivity contribution is -0.383. The minimum Gasteiger partial charge on any atom is -0.394 e. The fourth-order valence-corrected chi connectivity index (χ4v) is 4.10. The van der Waals surface area contributed by atoms with Crippen molar-refractivity contribution in [3.63, 3.8) is 0 Å². The van der Waals surface area contributed by atoms with E-state index < -0.39 is 112 Å². The zero-order valence-electron chi connectivity index (χ0n) is 18.2. The minimum atomic E-state index is -1.94. The van der Waals surface area contributed by atoms with Crippen LogP contribution in [0.3, 0.4) is 0 Å². The van der Waals surface area contributed by atoms with Crippen molar-refractivity contribution in [2.24, 2.45) is 0 Å². The topological polar surface area (TPSA) is 278 Å². The van der Waals surface area contributed by atoms with Gasteiger partial charge in [0.2, 0.25) is 0 Å². The summed E-state index contributed by atoms with van der Waals surface area (Å²) in [6.45, 7) is -2.22. The molecule has 3 fully saturated rings. The van der Waals surface area contributed by atoms with Crippen LogP contribution in [0.5, 0.6) is 0 Å². The second-order valence-electron chi connectivity index (χ2n) is 8.45. The fourth-order valence-electron chi connectivity index (χ4n) is 4.10. The molecule has 0 aromatic carbocycles. The van der Waals surface area contributed by atoms with Gasteiger partial charge in [-0.1, -0.05) is 0 Å². The van der Waals surface area contributed by atoms with Crippen LogP contribution in [-0.2, 0) is 28.6 Å². The van der Waals surface area contributed by atoms with E-state index in [4.69, 9.17) is 28.9 Å². The summed E-state index contributed by atoms with van der Waals surface area (Å²) in [5.41, 5.74) is 0. The van der Waals surface area contributed by atoms with Crippen molar-refractivity contribution in [1.29, 1.82) is 0 Å². The van der Waals surface area contributed by atoms with Crippen molar-refractivity contribution in [3.05, 3.63) is 0 Å². The maximum Gasteiger partial charge on any atom is 0.187 e. The number of ether oxygens (including phenoxy) is 5. The molecule has 0 saturated carbocycles. The van der Waals surface area contributed by atoms with E-state index in [0.29, 0.717) is 0 Å². The van der Waals surface area contributed by atoms with Gasteiger partial charge in [-0.3, -0.25) is 5.26 Å². The number of hydrogen-bond acceptors (Lipinski definition) is 17. The van der Waals surface area contributed by atoms with Crippen LogP contribution >= 0.6 is 0 Å². The molecule has 3 saturated heterocycles. The van der Waals surface area contributed by atoms with E-state index in [2.05, 4.69) is 4.89 Å². The van der Waals surface area contributed by atoms with E-state index in [0.717, 1.165) is 0 Å². The lowest BCUT2D eigenvalue weighted by atomic mass is 9.96. The normalized spacial score (nSPS) is 51.3. The Morgan fingerprint density at radius 1 is 0.514 bits per heavy atom. The monoisotopic (exact) mass is 520 g/mol. The minimum absolute atomic E-state index is 0.636. The predicted molar refractivity (Wildman–Crippen MR) is 103 cm³/mol. The quantitative estimate of drug-likeness (QED) is 0.105. The zero-order valence-corrected chi connectivity index (χ0v) is 18.2. The van der Waals surface area contributed by atoms with Crippen molar-refractivity contribution in [1.82, 2.24) is 0 Å². The van der Waals surface area contributed by atoms with Crippen molar-refractivity contribution >= 4 is 0 Å². The Labute approximate surface area is 197 Å². The highest BCUT2D eigenvalue weighted by Gasteiger charge is 2.53. The summed E-state index contributed by atoms with van der Waals surface area (Å²) in [5.74, 6) is 0. The van der Waals surface area contributed by atoms with Gasteiger partial charge in [-0.2, -0.15) is 0 Å². The summed E-state index contributed by atoms with van der Waals surface area (Å²) in [6, 6.07) is 0. The second kappa shape index (κ2) is 12.2. The molecule has 0 aromatic rings. The van der Waals surface area contributed by atoms with E-state index in [1.807, 2.05) is 0 Å². The molecular formula is C18H32O17. The third-order valence-electron chi connectivity index (χ3n) is 6.15. The molecule has 0 radical (unpaired) electrons. The van der Waals surface area contributed by atoms with E-state index in [1.54, 1.807) is 0 Å². The second-order valence-corrected chi connectivity index (χ2v) is 8.45. The Kier molecular flexibility index (Phi) is 10.1. The zero-order chi connectivity index (χ0) is 26.0. The van der Waals surface area contributed by atoms with Crippen molar-refractivity contribution in [3.8, 4) is 0 Å². The molecule has 0 bridgehead atoms. The Morgan fingerprint density at radius 3 is 1.54 bits per heavy atom. The van der Waals surface area contributed by atoms with E-state index >= 15 is 0 Å². The first kappa shape index (κ1) is 28.9. The average Bonchev–Trinajstić information content (AvgIpc) is 2.84. The van der Waals surface area contributed by atoms with Crippen LogP contribution < -0.4 is 0 Å². The molecule has 17 heteroatoms. The highest BCUT2D eigenvalue weighted by atomic mass is 17.1. The molecule has 3 rings (SSSR count). The van der Waals surface area contributed by atoms with Crippen LogP contribution in [0.25, 0.3) is 0 Å². The van der Waals surface area contributed by atoms with Gasteiger partial charge < -0.3 is 74.7 Å². The van der Waals surface area contributed by atoms with Crippen molar-refractivity contribution < 1.29 is 84.9 Å². The van der Waals surface area contributed by atoms with Crippen molar-refractivity contribution in [2.45, 2.75) is 92.1 Å². The third-order valence-corrected chi connectivity index (χ3v) is 6.15. The molecule has 6 unspecified atom stereocenters. The predicted octanol–water partition coefficient (Wildman–Crippen LogP) is -7.08. The van der Waals surface area contributed by atoms with Gasteiger partial charge in [-0.15, -0.1) is 0 Å². The van der Waals surface area contributed by atoms with Gasteiger partial charge >= 0.3 is 0 Å².